The number of aryl methyl sites for hydroxylation is 2. The molecule has 0 aliphatic carbocycles. The molecule has 1 N–H and O–H groups in total. The van der Waals surface area contributed by atoms with E-state index in [1.54, 1.807) is 12.4 Å². The van der Waals surface area contributed by atoms with Gasteiger partial charge in [0.25, 0.3) is 5.91 Å². The van der Waals surface area contributed by atoms with Gasteiger partial charge in [0.05, 0.1) is 32.0 Å². The second-order valence-electron chi connectivity index (χ2n) is 8.55. The topological polar surface area (TPSA) is 115 Å². The molecule has 0 radical (unpaired) electrons. The van der Waals surface area contributed by atoms with Crippen LogP contribution in [-0.4, -0.2) is 70.1 Å². The van der Waals surface area contributed by atoms with Crippen molar-refractivity contribution in [2.45, 2.75) is 51.5 Å². The Balaban J connectivity index is 0.000000429. The number of pyridine rings is 1. The molecule has 0 saturated carbocycles. The van der Waals surface area contributed by atoms with Gasteiger partial charge in [-0.15, -0.1) is 0 Å². The van der Waals surface area contributed by atoms with Gasteiger partial charge < -0.3 is 24.0 Å². The number of carbonyl (C=O) groups is 2. The maximum atomic E-state index is 13.0. The predicted octanol–water partition coefficient (Wildman–Crippen LogP) is 3.41. The van der Waals surface area contributed by atoms with Gasteiger partial charge in [-0.25, -0.2) is 4.79 Å². The average molecular weight is 499 g/mol. The molecule has 9 nitrogen and oxygen atoms in total. The predicted molar refractivity (Wildman–Crippen MR) is 116 cm³/mol. The van der Waals surface area contributed by atoms with E-state index in [-0.39, 0.29) is 11.5 Å². The van der Waals surface area contributed by atoms with Gasteiger partial charge in [0.2, 0.25) is 0 Å². The Morgan fingerprint density at radius 3 is 2.54 bits per heavy atom. The van der Waals surface area contributed by atoms with Crippen molar-refractivity contribution in [1.82, 2.24) is 15.0 Å². The van der Waals surface area contributed by atoms with Gasteiger partial charge in [0.1, 0.15) is 16.9 Å². The largest absolute Gasteiger partial charge is 0.490 e. The van der Waals surface area contributed by atoms with Crippen LogP contribution in [0, 0.1) is 12.8 Å². The summed E-state index contributed by atoms with van der Waals surface area (Å²) in [6, 6.07) is 3.92. The number of rotatable bonds is 7. The Hall–Kier alpha value is -2.99. The van der Waals surface area contributed by atoms with Gasteiger partial charge in [-0.3, -0.25) is 9.78 Å². The summed E-state index contributed by atoms with van der Waals surface area (Å²) in [7, 11) is 0. The maximum absolute atomic E-state index is 13.0. The Labute approximate surface area is 200 Å². The zero-order valence-electron chi connectivity index (χ0n) is 19.5. The maximum Gasteiger partial charge on any atom is 0.490 e. The minimum absolute atomic E-state index is 0.000205. The third-order valence-corrected chi connectivity index (χ3v) is 6.01. The molecule has 4 rings (SSSR count). The number of carboxylic acid groups (broad SMARTS) is 1. The zero-order valence-corrected chi connectivity index (χ0v) is 19.5. The lowest BCUT2D eigenvalue weighted by Gasteiger charge is -2.50. The van der Waals surface area contributed by atoms with E-state index < -0.39 is 12.1 Å². The Kier molecular flexibility index (Phi) is 8.49. The van der Waals surface area contributed by atoms with Crippen LogP contribution in [-0.2, 0) is 27.3 Å². The SMILES string of the molecule is CCCc1onc(C)c1C(=O)N1CC2(C1)OCCC2COCc1ccncc1.O=C(O)C(F)(F)F. The van der Waals surface area contributed by atoms with Crippen molar-refractivity contribution in [3.63, 3.8) is 0 Å². The van der Waals surface area contributed by atoms with Crippen LogP contribution >= 0.6 is 0 Å². The molecule has 2 fully saturated rings. The fraction of sp³-hybridized carbons (Fsp3) is 0.565. The molecule has 4 heterocycles. The molecule has 2 aromatic heterocycles. The van der Waals surface area contributed by atoms with Gasteiger partial charge in [0, 0.05) is 31.3 Å². The highest BCUT2D eigenvalue weighted by Crippen LogP contribution is 2.41. The van der Waals surface area contributed by atoms with Crippen molar-refractivity contribution < 1.29 is 41.9 Å². The van der Waals surface area contributed by atoms with E-state index in [4.69, 9.17) is 23.9 Å². The van der Waals surface area contributed by atoms with Gasteiger partial charge in [-0.1, -0.05) is 12.1 Å². The van der Waals surface area contributed by atoms with Gasteiger partial charge in [0.15, 0.2) is 0 Å². The first-order chi connectivity index (χ1) is 16.6. The first-order valence-electron chi connectivity index (χ1n) is 11.2. The minimum atomic E-state index is -5.08. The standard InChI is InChI=1S/C21H27N3O4.C2HF3O2/c1-3-4-18-19(15(2)23-28-18)20(25)24-13-21(14-24)17(7-10-27-21)12-26-11-16-5-8-22-9-6-16;3-2(4,5)1(6)7/h5-6,8-9,17H,3-4,7,10-14H2,1-2H3;(H,6,7). The first kappa shape index (κ1) is 26.6. The summed E-state index contributed by atoms with van der Waals surface area (Å²) in [4.78, 5) is 27.7. The number of nitrogens with zero attached hydrogens (tertiary/aromatic N) is 3. The second kappa shape index (κ2) is 11.2. The number of amides is 1. The summed E-state index contributed by atoms with van der Waals surface area (Å²) in [6.07, 6.45) is 1.06. The summed E-state index contributed by atoms with van der Waals surface area (Å²) in [6.45, 7) is 7.02. The molecule has 2 aliphatic rings. The molecular weight excluding hydrogens is 471 g/mol. The van der Waals surface area contributed by atoms with Crippen LogP contribution in [0.3, 0.4) is 0 Å². The van der Waals surface area contributed by atoms with Crippen LogP contribution in [0.15, 0.2) is 29.0 Å². The molecule has 2 aromatic rings. The molecular formula is C23H28F3N3O6. The van der Waals surface area contributed by atoms with E-state index in [9.17, 15) is 18.0 Å². The highest BCUT2D eigenvalue weighted by atomic mass is 19.4. The number of hydrogen-bond acceptors (Lipinski definition) is 7. The van der Waals surface area contributed by atoms with E-state index >= 15 is 0 Å². The Morgan fingerprint density at radius 2 is 1.94 bits per heavy atom. The fourth-order valence-corrected chi connectivity index (χ4v) is 4.16. The summed E-state index contributed by atoms with van der Waals surface area (Å²) in [5, 5.41) is 11.1. The lowest BCUT2D eigenvalue weighted by atomic mass is 9.81. The molecule has 12 heteroatoms. The summed E-state index contributed by atoms with van der Waals surface area (Å²) in [5.74, 6) is -1.76. The molecule has 2 saturated heterocycles. The van der Waals surface area contributed by atoms with Crippen molar-refractivity contribution in [2.24, 2.45) is 5.92 Å². The van der Waals surface area contributed by atoms with Crippen molar-refractivity contribution >= 4 is 11.9 Å². The van der Waals surface area contributed by atoms with Crippen LogP contribution in [0.25, 0.3) is 0 Å². The Morgan fingerprint density at radius 1 is 1.29 bits per heavy atom. The summed E-state index contributed by atoms with van der Waals surface area (Å²) < 4.78 is 49.1. The van der Waals surface area contributed by atoms with Crippen molar-refractivity contribution in [2.75, 3.05) is 26.3 Å². The number of carbonyl (C=O) groups excluding carboxylic acids is 1. The van der Waals surface area contributed by atoms with Crippen molar-refractivity contribution in [3.8, 4) is 0 Å². The zero-order chi connectivity index (χ0) is 25.6. The number of hydrogen-bond donors (Lipinski definition) is 1. The second-order valence-corrected chi connectivity index (χ2v) is 8.55. The summed E-state index contributed by atoms with van der Waals surface area (Å²) >= 11 is 0. The normalized spacial score (nSPS) is 18.7. The molecule has 0 aromatic carbocycles. The fourth-order valence-electron chi connectivity index (χ4n) is 4.16. The van der Waals surface area contributed by atoms with Crippen molar-refractivity contribution in [1.29, 1.82) is 0 Å². The number of aliphatic carboxylic acids is 1. The summed E-state index contributed by atoms with van der Waals surface area (Å²) in [5.41, 5.74) is 2.13. The number of halogens is 3. The third kappa shape index (κ3) is 6.37. The number of carboxylic acids is 1. The third-order valence-electron chi connectivity index (χ3n) is 6.01. The lowest BCUT2D eigenvalue weighted by Crippen LogP contribution is -2.66. The highest BCUT2D eigenvalue weighted by Gasteiger charge is 2.55. The van der Waals surface area contributed by atoms with Gasteiger partial charge in [-0.2, -0.15) is 13.2 Å². The van der Waals surface area contributed by atoms with Crippen LogP contribution in [0.5, 0.6) is 0 Å². The quantitative estimate of drug-likeness (QED) is 0.617. The van der Waals surface area contributed by atoms with E-state index in [2.05, 4.69) is 17.1 Å². The molecule has 0 bridgehead atoms. The Bertz CT molecular complexity index is 1010. The molecule has 1 atom stereocenters. The molecule has 192 valence electrons. The number of alkyl halides is 3. The van der Waals surface area contributed by atoms with Crippen molar-refractivity contribution in [3.05, 3.63) is 47.1 Å². The lowest BCUT2D eigenvalue weighted by molar-refractivity contribution is -0.192. The number of aromatic nitrogens is 2. The van der Waals surface area contributed by atoms with Crippen LogP contribution in [0.4, 0.5) is 13.2 Å². The average Bonchev–Trinajstić information content (AvgIpc) is 3.37. The molecule has 35 heavy (non-hydrogen) atoms. The molecule has 1 unspecified atom stereocenters. The molecule has 1 amide bonds. The molecule has 2 aliphatic heterocycles. The van der Waals surface area contributed by atoms with E-state index in [1.165, 1.54) is 0 Å². The van der Waals surface area contributed by atoms with Crippen LogP contribution in [0.1, 0.15) is 47.1 Å². The monoisotopic (exact) mass is 499 g/mol. The van der Waals surface area contributed by atoms with E-state index in [1.807, 2.05) is 24.0 Å². The highest BCUT2D eigenvalue weighted by molar-refractivity contribution is 5.96. The molecule has 1 spiro atoms. The number of ether oxygens (including phenoxy) is 2. The van der Waals surface area contributed by atoms with E-state index in [0.29, 0.717) is 49.2 Å². The van der Waals surface area contributed by atoms with Gasteiger partial charge in [-0.05, 0) is 37.5 Å². The van der Waals surface area contributed by atoms with Gasteiger partial charge >= 0.3 is 12.1 Å². The smallest absolute Gasteiger partial charge is 0.475 e. The van der Waals surface area contributed by atoms with E-state index in [0.717, 1.165) is 31.4 Å². The van der Waals surface area contributed by atoms with Crippen LogP contribution in [0.2, 0.25) is 0 Å². The first-order valence-corrected chi connectivity index (χ1v) is 11.2. The number of likely N-dealkylation sites (tertiary alicyclic amines) is 1. The van der Waals surface area contributed by atoms with Crippen LogP contribution < -0.4 is 0 Å². The minimum Gasteiger partial charge on any atom is -0.475 e.